The molecule has 0 spiro atoms. The quantitative estimate of drug-likeness (QED) is 0.395. The number of aliphatic hydroxyl groups excluding tert-OH is 1. The molecule has 5 heteroatoms. The molecule has 8 bridgehead atoms. The van der Waals surface area contributed by atoms with Crippen LogP contribution in [0.3, 0.4) is 0 Å². The Morgan fingerprint density at radius 3 is 1.74 bits per heavy atom. The zero-order valence-corrected chi connectivity index (χ0v) is 23.9. The van der Waals surface area contributed by atoms with E-state index < -0.39 is 0 Å². The molecule has 5 nitrogen and oxygen atoms in total. The van der Waals surface area contributed by atoms with Gasteiger partial charge < -0.3 is 10.1 Å². The second kappa shape index (κ2) is 9.86. The van der Waals surface area contributed by atoms with E-state index in [4.69, 9.17) is 15.0 Å². The molecule has 0 aliphatic carbocycles. The van der Waals surface area contributed by atoms with Crippen molar-refractivity contribution in [3.8, 4) is 0 Å². The topological polar surface area (TPSA) is 73.1 Å². The molecule has 0 saturated heterocycles. The highest BCUT2D eigenvalue weighted by atomic mass is 16.2. The summed E-state index contributed by atoms with van der Waals surface area (Å²) in [6.45, 7) is 17.3. The first-order valence-electron chi connectivity index (χ1n) is 13.9. The largest absolute Gasteiger partial charge is 0.515 e. The number of aromatic amines is 1. The summed E-state index contributed by atoms with van der Waals surface area (Å²) < 4.78 is 0. The Hall–Kier alpha value is -3.73. The van der Waals surface area contributed by atoms with Crippen LogP contribution in [0.15, 0.2) is 83.4 Å². The van der Waals surface area contributed by atoms with E-state index in [-0.39, 0.29) is 0 Å². The van der Waals surface area contributed by atoms with Crippen LogP contribution in [0, 0.1) is 6.92 Å². The maximum absolute atomic E-state index is 10.5. The number of H-pyrrole nitrogens is 1. The summed E-state index contributed by atoms with van der Waals surface area (Å²) in [6.07, 6.45) is 11.2. The second-order valence-corrected chi connectivity index (χ2v) is 10.3. The van der Waals surface area contributed by atoms with Crippen molar-refractivity contribution in [2.45, 2.75) is 81.1 Å². The third-order valence-electron chi connectivity index (χ3n) is 8.43. The van der Waals surface area contributed by atoms with Crippen molar-refractivity contribution in [1.29, 1.82) is 0 Å². The fourth-order valence-electron chi connectivity index (χ4n) is 6.24. The van der Waals surface area contributed by atoms with Gasteiger partial charge in [0.2, 0.25) is 0 Å². The highest BCUT2D eigenvalue weighted by molar-refractivity contribution is 6.36. The van der Waals surface area contributed by atoms with Gasteiger partial charge in [-0.2, -0.15) is 0 Å². The molecule has 4 aliphatic heterocycles. The number of hydrogen-bond donors (Lipinski definition) is 2. The van der Waals surface area contributed by atoms with Crippen LogP contribution in [0.4, 0.5) is 0 Å². The minimum absolute atomic E-state index is 0.672. The fraction of sp³-hybridized carbons (Fsp3) is 0.364. The Morgan fingerprint density at radius 2 is 1.21 bits per heavy atom. The lowest BCUT2D eigenvalue weighted by molar-refractivity contribution is 0.472. The summed E-state index contributed by atoms with van der Waals surface area (Å²) in [5, 5.41) is 10.5. The van der Waals surface area contributed by atoms with Gasteiger partial charge in [0, 0.05) is 11.4 Å². The predicted octanol–water partition coefficient (Wildman–Crippen LogP) is 8.45. The van der Waals surface area contributed by atoms with E-state index in [0.29, 0.717) is 5.57 Å². The number of hydrogen-bond acceptors (Lipinski definition) is 4. The summed E-state index contributed by atoms with van der Waals surface area (Å²) in [5.74, 6) is 0. The molecular formula is C33H38N4O. The van der Waals surface area contributed by atoms with Crippen LogP contribution in [0.5, 0.6) is 0 Å². The van der Waals surface area contributed by atoms with Crippen LogP contribution in [0.1, 0.15) is 90.2 Å². The number of aromatic nitrogens is 1. The van der Waals surface area contributed by atoms with Gasteiger partial charge in [0.1, 0.15) is 0 Å². The van der Waals surface area contributed by atoms with Crippen molar-refractivity contribution in [1.82, 2.24) is 4.98 Å². The zero-order valence-electron chi connectivity index (χ0n) is 23.9. The molecule has 5 rings (SSSR count). The molecule has 1 aromatic heterocycles. The Labute approximate surface area is 226 Å². The summed E-state index contributed by atoms with van der Waals surface area (Å²) in [5.41, 5.74) is 17.8. The first kappa shape index (κ1) is 25.9. The summed E-state index contributed by atoms with van der Waals surface area (Å²) >= 11 is 0. The summed E-state index contributed by atoms with van der Waals surface area (Å²) in [7, 11) is 0. The summed E-state index contributed by atoms with van der Waals surface area (Å²) in [4.78, 5) is 19.0. The van der Waals surface area contributed by atoms with Gasteiger partial charge in [0.15, 0.2) is 0 Å². The van der Waals surface area contributed by atoms with Gasteiger partial charge in [-0.05, 0) is 116 Å². The normalized spacial score (nSPS) is 20.3. The number of nitrogens with one attached hydrogen (secondary N) is 1. The van der Waals surface area contributed by atoms with Gasteiger partial charge in [-0.15, -0.1) is 0 Å². The summed E-state index contributed by atoms with van der Waals surface area (Å²) in [6, 6.07) is 0. The maximum Gasteiger partial charge on any atom is 0.0907 e. The molecule has 2 N–H and O–H groups in total. The van der Waals surface area contributed by atoms with Gasteiger partial charge in [-0.3, -0.25) is 0 Å². The highest BCUT2D eigenvalue weighted by Crippen LogP contribution is 2.39. The smallest absolute Gasteiger partial charge is 0.0907 e. The van der Waals surface area contributed by atoms with Gasteiger partial charge >= 0.3 is 0 Å². The average molecular weight is 507 g/mol. The Bertz CT molecular complexity index is 1570. The molecule has 0 radical (unpaired) electrons. The van der Waals surface area contributed by atoms with Crippen LogP contribution in [0.25, 0.3) is 12.2 Å². The van der Waals surface area contributed by atoms with Crippen molar-refractivity contribution in [2.75, 3.05) is 0 Å². The van der Waals surface area contributed by atoms with Crippen molar-refractivity contribution in [3.05, 3.63) is 91.0 Å². The Balaban J connectivity index is 1.86. The van der Waals surface area contributed by atoms with Gasteiger partial charge in [0.05, 0.1) is 46.1 Å². The SMILES string of the molecule is CCC1=C(C)C2=NC1=CC1=NC(=Cc3[nH]c(c(CC)c3C)C=C3N=C(C(C)=C3CC)/C2=C\O)C(C)=C1CC. The molecule has 5 heterocycles. The van der Waals surface area contributed by atoms with E-state index in [1.54, 1.807) is 0 Å². The third-order valence-corrected chi connectivity index (χ3v) is 8.43. The molecule has 0 saturated carbocycles. The molecule has 4 aliphatic rings. The molecule has 0 aromatic carbocycles. The van der Waals surface area contributed by atoms with Crippen LogP contribution in [-0.4, -0.2) is 27.2 Å². The lowest BCUT2D eigenvalue weighted by Crippen LogP contribution is -2.13. The average Bonchev–Trinajstić information content (AvgIpc) is 3.57. The van der Waals surface area contributed by atoms with E-state index >= 15 is 0 Å². The monoisotopic (exact) mass is 506 g/mol. The lowest BCUT2D eigenvalue weighted by Gasteiger charge is -2.09. The van der Waals surface area contributed by atoms with Crippen LogP contribution in [-0.2, 0) is 6.42 Å². The number of fused-ring (bicyclic) bond motifs is 5. The Morgan fingerprint density at radius 1 is 0.658 bits per heavy atom. The molecule has 0 unspecified atom stereocenters. The lowest BCUT2D eigenvalue weighted by atomic mass is 9.93. The molecule has 196 valence electrons. The van der Waals surface area contributed by atoms with Crippen LogP contribution in [0.2, 0.25) is 0 Å². The first-order valence-corrected chi connectivity index (χ1v) is 13.9. The van der Waals surface area contributed by atoms with Gasteiger partial charge in [0.25, 0.3) is 0 Å². The minimum Gasteiger partial charge on any atom is -0.515 e. The van der Waals surface area contributed by atoms with Crippen molar-refractivity contribution in [3.63, 3.8) is 0 Å². The standard InChI is InChI=1S/C33H38N4O/c1-9-21-17(5)26-13-27-18(6)22(10-2)29(35-27)15-31-24(12-4)20(8)33(37-31)25(16-38)32-19(7)23(11-3)30(36-32)14-28(21)34-26/h13-16,34,38H,9-12H2,1-8H3/b25-16+,27-13?,30-14?,31-15?. The van der Waals surface area contributed by atoms with E-state index in [9.17, 15) is 5.11 Å². The zero-order chi connectivity index (χ0) is 27.3. The van der Waals surface area contributed by atoms with E-state index in [1.165, 1.54) is 39.7 Å². The molecule has 1 aromatic rings. The van der Waals surface area contributed by atoms with Crippen LogP contribution >= 0.6 is 0 Å². The molecule has 0 amide bonds. The number of allylic oxidation sites excluding steroid dienone is 8. The molecular weight excluding hydrogens is 468 g/mol. The molecule has 0 fully saturated rings. The number of aliphatic imine (C=N–C) groups is 3. The third kappa shape index (κ3) is 3.87. The van der Waals surface area contributed by atoms with Crippen LogP contribution < -0.4 is 0 Å². The van der Waals surface area contributed by atoms with Gasteiger partial charge in [-0.1, -0.05) is 27.7 Å². The fourth-order valence-corrected chi connectivity index (χ4v) is 6.24. The predicted molar refractivity (Wildman–Crippen MR) is 161 cm³/mol. The Kier molecular flexibility index (Phi) is 6.72. The maximum atomic E-state index is 10.5. The number of rotatable bonds is 4. The van der Waals surface area contributed by atoms with E-state index in [0.717, 1.165) is 82.4 Å². The first-order chi connectivity index (χ1) is 18.3. The second-order valence-electron chi connectivity index (χ2n) is 10.3. The van der Waals surface area contributed by atoms with Gasteiger partial charge in [-0.25, -0.2) is 15.0 Å². The van der Waals surface area contributed by atoms with E-state index in [1.807, 2.05) is 0 Å². The van der Waals surface area contributed by atoms with Crippen molar-refractivity contribution >= 4 is 29.3 Å². The highest BCUT2D eigenvalue weighted by Gasteiger charge is 2.31. The number of nitrogens with zero attached hydrogens (tertiary/aromatic N) is 3. The van der Waals surface area contributed by atoms with Crippen molar-refractivity contribution in [2.24, 2.45) is 15.0 Å². The minimum atomic E-state index is 0.672. The molecule has 38 heavy (non-hydrogen) atoms. The van der Waals surface area contributed by atoms with E-state index in [2.05, 4.69) is 78.6 Å². The number of aliphatic hydroxyl groups is 1. The molecule has 0 atom stereocenters. The van der Waals surface area contributed by atoms with Crippen molar-refractivity contribution < 1.29 is 5.11 Å².